The van der Waals surface area contributed by atoms with Gasteiger partial charge < -0.3 is 15.4 Å². The highest BCUT2D eigenvalue weighted by molar-refractivity contribution is 5.91. The van der Waals surface area contributed by atoms with Crippen LogP contribution in [-0.2, 0) is 14.3 Å². The molecule has 24 heavy (non-hydrogen) atoms. The Bertz CT molecular complexity index is 487. The maximum Gasteiger partial charge on any atom is 0.410 e. The van der Waals surface area contributed by atoms with Gasteiger partial charge in [0.2, 0.25) is 11.8 Å². The second-order valence-electron chi connectivity index (χ2n) is 7.53. The van der Waals surface area contributed by atoms with Crippen molar-refractivity contribution >= 4 is 17.9 Å². The molecule has 2 heterocycles. The predicted molar refractivity (Wildman–Crippen MR) is 89.4 cm³/mol. The molecule has 2 fully saturated rings. The van der Waals surface area contributed by atoms with Crippen molar-refractivity contribution in [3.8, 4) is 0 Å². The third-order valence-corrected chi connectivity index (χ3v) is 4.29. The molecule has 2 atom stereocenters. The summed E-state index contributed by atoms with van der Waals surface area (Å²) in [5.41, 5.74) is -0.600. The van der Waals surface area contributed by atoms with Crippen LogP contribution in [0.1, 0.15) is 59.3 Å². The number of carbonyl (C=O) groups is 3. The molecule has 0 bridgehead atoms. The van der Waals surface area contributed by atoms with E-state index in [0.717, 1.165) is 25.7 Å². The minimum atomic E-state index is -0.600. The van der Waals surface area contributed by atoms with Crippen molar-refractivity contribution in [1.82, 2.24) is 15.5 Å². The van der Waals surface area contributed by atoms with Gasteiger partial charge in [0.25, 0.3) is 0 Å². The van der Waals surface area contributed by atoms with E-state index in [1.807, 2.05) is 0 Å². The van der Waals surface area contributed by atoms with E-state index in [2.05, 4.69) is 10.6 Å². The normalized spacial score (nSPS) is 25.5. The fourth-order valence-electron chi connectivity index (χ4n) is 3.09. The van der Waals surface area contributed by atoms with E-state index in [4.69, 9.17) is 4.74 Å². The Hall–Kier alpha value is -1.79. The van der Waals surface area contributed by atoms with Gasteiger partial charge in [-0.05, 0) is 59.3 Å². The summed E-state index contributed by atoms with van der Waals surface area (Å²) in [7, 11) is 0. The summed E-state index contributed by atoms with van der Waals surface area (Å²) >= 11 is 0. The number of likely N-dealkylation sites (tertiary alicyclic amines) is 1. The Kier molecular flexibility index (Phi) is 6.07. The summed E-state index contributed by atoms with van der Waals surface area (Å²) in [4.78, 5) is 38.6. The van der Waals surface area contributed by atoms with E-state index < -0.39 is 23.8 Å². The molecule has 2 rings (SSSR count). The highest BCUT2D eigenvalue weighted by Gasteiger charge is 2.36. The lowest BCUT2D eigenvalue weighted by Crippen LogP contribution is -2.56. The molecule has 0 aromatic rings. The van der Waals surface area contributed by atoms with E-state index in [9.17, 15) is 14.4 Å². The average Bonchev–Trinajstić information content (AvgIpc) is 2.70. The highest BCUT2D eigenvalue weighted by Crippen LogP contribution is 2.21. The zero-order chi connectivity index (χ0) is 17.7. The number of nitrogens with zero attached hydrogens (tertiary/aromatic N) is 1. The lowest BCUT2D eigenvalue weighted by Gasteiger charge is -2.36. The summed E-state index contributed by atoms with van der Waals surface area (Å²) in [6, 6.07) is -1.08. The van der Waals surface area contributed by atoms with Gasteiger partial charge in [-0.2, -0.15) is 0 Å². The predicted octanol–water partition coefficient (Wildman–Crippen LogP) is 1.56. The van der Waals surface area contributed by atoms with Gasteiger partial charge in [0.05, 0.1) is 0 Å². The molecular weight excluding hydrogens is 310 g/mol. The summed E-state index contributed by atoms with van der Waals surface area (Å²) in [6.45, 7) is 6.57. The van der Waals surface area contributed by atoms with E-state index in [-0.39, 0.29) is 11.8 Å². The molecule has 2 N–H and O–H groups in total. The van der Waals surface area contributed by atoms with Crippen molar-refractivity contribution in [2.45, 2.75) is 77.0 Å². The summed E-state index contributed by atoms with van der Waals surface area (Å²) in [5, 5.41) is 5.63. The molecule has 3 amide bonds. The molecule has 0 spiro atoms. The van der Waals surface area contributed by atoms with E-state index in [0.29, 0.717) is 25.9 Å². The maximum atomic E-state index is 12.7. The van der Waals surface area contributed by atoms with Gasteiger partial charge in [-0.3, -0.25) is 14.5 Å². The highest BCUT2D eigenvalue weighted by atomic mass is 16.6. The number of hydrogen-bond acceptors (Lipinski definition) is 4. The number of piperidine rings is 1. The van der Waals surface area contributed by atoms with Crippen LogP contribution in [-0.4, -0.2) is 53.6 Å². The van der Waals surface area contributed by atoms with Crippen LogP contribution in [0.2, 0.25) is 0 Å². The third kappa shape index (κ3) is 5.11. The van der Waals surface area contributed by atoms with Crippen LogP contribution in [0.3, 0.4) is 0 Å². The van der Waals surface area contributed by atoms with Gasteiger partial charge in [-0.15, -0.1) is 0 Å². The Morgan fingerprint density at radius 2 is 1.88 bits per heavy atom. The lowest BCUT2D eigenvalue weighted by molar-refractivity contribution is -0.132. The minimum Gasteiger partial charge on any atom is -0.444 e. The summed E-state index contributed by atoms with van der Waals surface area (Å²) in [6.07, 6.45) is 4.32. The Labute approximate surface area is 143 Å². The summed E-state index contributed by atoms with van der Waals surface area (Å²) in [5.74, 6) is -0.400. The smallest absolute Gasteiger partial charge is 0.410 e. The Morgan fingerprint density at radius 3 is 2.58 bits per heavy atom. The fourth-order valence-corrected chi connectivity index (χ4v) is 3.09. The van der Waals surface area contributed by atoms with Crippen LogP contribution in [0.15, 0.2) is 0 Å². The number of amides is 3. The van der Waals surface area contributed by atoms with Gasteiger partial charge >= 0.3 is 6.09 Å². The third-order valence-electron chi connectivity index (χ3n) is 4.29. The molecule has 7 heteroatoms. The zero-order valence-electron chi connectivity index (χ0n) is 14.9. The summed E-state index contributed by atoms with van der Waals surface area (Å²) < 4.78 is 5.42. The largest absolute Gasteiger partial charge is 0.444 e. The molecule has 2 aliphatic heterocycles. The van der Waals surface area contributed by atoms with Crippen LogP contribution in [0.4, 0.5) is 4.79 Å². The minimum absolute atomic E-state index is 0.138. The van der Waals surface area contributed by atoms with Crippen molar-refractivity contribution in [1.29, 1.82) is 0 Å². The zero-order valence-corrected chi connectivity index (χ0v) is 14.9. The van der Waals surface area contributed by atoms with E-state index >= 15 is 0 Å². The van der Waals surface area contributed by atoms with E-state index in [1.54, 1.807) is 20.8 Å². The first kappa shape index (κ1) is 18.5. The number of nitrogens with one attached hydrogen (secondary N) is 2. The molecule has 0 aromatic heterocycles. The molecule has 0 aromatic carbocycles. The molecule has 0 radical (unpaired) electrons. The Balaban J connectivity index is 2.01. The van der Waals surface area contributed by atoms with Gasteiger partial charge in [0.1, 0.15) is 17.7 Å². The van der Waals surface area contributed by atoms with Crippen molar-refractivity contribution in [2.24, 2.45) is 0 Å². The topological polar surface area (TPSA) is 87.7 Å². The second-order valence-corrected chi connectivity index (χ2v) is 7.53. The van der Waals surface area contributed by atoms with Crippen LogP contribution >= 0.6 is 0 Å². The fraction of sp³-hybridized carbons (Fsp3) is 0.824. The molecule has 2 aliphatic rings. The van der Waals surface area contributed by atoms with Crippen LogP contribution in [0.5, 0.6) is 0 Å². The van der Waals surface area contributed by atoms with Gasteiger partial charge in [0, 0.05) is 13.1 Å². The van der Waals surface area contributed by atoms with Crippen molar-refractivity contribution < 1.29 is 19.1 Å². The number of carbonyl (C=O) groups excluding carboxylic acids is 3. The van der Waals surface area contributed by atoms with Gasteiger partial charge in [-0.25, -0.2) is 4.79 Å². The quantitative estimate of drug-likeness (QED) is 0.799. The molecule has 1 unspecified atom stereocenters. The SMILES string of the molecule is CC(C)(C)OC(=O)N1CCCC[C@@H]1C(=O)NC1CCCCNC1=O. The molecule has 7 nitrogen and oxygen atoms in total. The molecule has 0 aliphatic carbocycles. The number of hydrogen-bond donors (Lipinski definition) is 2. The van der Waals surface area contributed by atoms with Crippen LogP contribution in [0.25, 0.3) is 0 Å². The first-order chi connectivity index (χ1) is 11.3. The lowest BCUT2D eigenvalue weighted by atomic mass is 10.0. The van der Waals surface area contributed by atoms with Gasteiger partial charge in [0.15, 0.2) is 0 Å². The molecule has 2 saturated heterocycles. The first-order valence-corrected chi connectivity index (χ1v) is 8.85. The first-order valence-electron chi connectivity index (χ1n) is 8.85. The standard InChI is InChI=1S/C17H29N3O4/c1-17(2,3)24-16(23)20-11-7-5-9-13(20)15(22)19-12-8-4-6-10-18-14(12)21/h12-13H,4-11H2,1-3H3,(H,18,21)(H,19,22)/t12?,13-/m1/s1. The molecule has 136 valence electrons. The Morgan fingerprint density at radius 1 is 1.17 bits per heavy atom. The van der Waals surface area contributed by atoms with Crippen molar-refractivity contribution in [2.75, 3.05) is 13.1 Å². The van der Waals surface area contributed by atoms with Gasteiger partial charge in [-0.1, -0.05) is 0 Å². The second kappa shape index (κ2) is 7.85. The monoisotopic (exact) mass is 339 g/mol. The van der Waals surface area contributed by atoms with Crippen molar-refractivity contribution in [3.63, 3.8) is 0 Å². The van der Waals surface area contributed by atoms with Crippen molar-refractivity contribution in [3.05, 3.63) is 0 Å². The van der Waals surface area contributed by atoms with Crippen LogP contribution < -0.4 is 10.6 Å². The maximum absolute atomic E-state index is 12.7. The van der Waals surface area contributed by atoms with Crippen LogP contribution in [0, 0.1) is 0 Å². The molecule has 0 saturated carbocycles. The number of ether oxygens (including phenoxy) is 1. The molecular formula is C17H29N3O4. The number of rotatable bonds is 2. The van der Waals surface area contributed by atoms with E-state index in [1.165, 1.54) is 4.90 Å². The average molecular weight is 339 g/mol.